The molecule has 0 radical (unpaired) electrons. The van der Waals surface area contributed by atoms with Gasteiger partial charge in [-0.15, -0.1) is 22.7 Å². The molecule has 1 N–H and O–H groups in total. The average Bonchev–Trinajstić information content (AvgIpc) is 3.08. The molecular formula is C14H18N2O2S2. The summed E-state index contributed by atoms with van der Waals surface area (Å²) in [5.41, 5.74) is 0.806. The number of hydrogen-bond donors (Lipinski definition) is 1. The molecule has 0 aliphatic rings. The number of carbonyl (C=O) groups is 1. The van der Waals surface area contributed by atoms with Gasteiger partial charge in [-0.05, 0) is 11.4 Å². The SMILES string of the molecule is COC(=O)Cc1csc(NCC(C)(C)c2cccs2)n1. The van der Waals surface area contributed by atoms with Gasteiger partial charge in [0.15, 0.2) is 5.13 Å². The van der Waals surface area contributed by atoms with E-state index >= 15 is 0 Å². The molecule has 2 aromatic heterocycles. The highest BCUT2D eigenvalue weighted by Crippen LogP contribution is 2.28. The Bertz CT molecular complexity index is 562. The van der Waals surface area contributed by atoms with E-state index in [1.807, 2.05) is 5.38 Å². The van der Waals surface area contributed by atoms with E-state index in [0.717, 1.165) is 17.4 Å². The maximum absolute atomic E-state index is 11.2. The van der Waals surface area contributed by atoms with Crippen molar-refractivity contribution in [1.82, 2.24) is 4.98 Å². The number of hydrogen-bond acceptors (Lipinski definition) is 6. The number of methoxy groups -OCH3 is 1. The quantitative estimate of drug-likeness (QED) is 0.832. The van der Waals surface area contributed by atoms with Gasteiger partial charge in [0.05, 0.1) is 19.2 Å². The van der Waals surface area contributed by atoms with Gasteiger partial charge in [0, 0.05) is 22.2 Å². The minimum absolute atomic E-state index is 0.0579. The fraction of sp³-hybridized carbons (Fsp3) is 0.429. The van der Waals surface area contributed by atoms with Crippen molar-refractivity contribution in [2.75, 3.05) is 19.0 Å². The van der Waals surface area contributed by atoms with Crippen molar-refractivity contribution in [2.45, 2.75) is 25.7 Å². The predicted molar refractivity (Wildman–Crippen MR) is 83.7 cm³/mol. The summed E-state index contributed by atoms with van der Waals surface area (Å²) in [6, 6.07) is 4.22. The van der Waals surface area contributed by atoms with Crippen LogP contribution < -0.4 is 5.32 Å². The summed E-state index contributed by atoms with van der Waals surface area (Å²) in [7, 11) is 1.39. The third-order valence-corrected chi connectivity index (χ3v) is 5.06. The molecule has 0 fully saturated rings. The summed E-state index contributed by atoms with van der Waals surface area (Å²) in [6.45, 7) is 5.21. The van der Waals surface area contributed by atoms with Crippen molar-refractivity contribution < 1.29 is 9.53 Å². The van der Waals surface area contributed by atoms with Gasteiger partial charge in [0.25, 0.3) is 0 Å². The summed E-state index contributed by atoms with van der Waals surface area (Å²) < 4.78 is 4.63. The van der Waals surface area contributed by atoms with Crippen LogP contribution in [0.25, 0.3) is 0 Å². The number of anilines is 1. The second-order valence-electron chi connectivity index (χ2n) is 5.11. The Morgan fingerprint density at radius 3 is 2.90 bits per heavy atom. The highest BCUT2D eigenvalue weighted by atomic mass is 32.1. The Morgan fingerprint density at radius 2 is 2.25 bits per heavy atom. The summed E-state index contributed by atoms with van der Waals surface area (Å²) in [5.74, 6) is -0.263. The maximum atomic E-state index is 11.2. The van der Waals surface area contributed by atoms with Crippen LogP contribution in [0, 0.1) is 0 Å². The van der Waals surface area contributed by atoms with E-state index in [9.17, 15) is 4.79 Å². The molecule has 2 heterocycles. The molecular weight excluding hydrogens is 292 g/mol. The molecule has 0 amide bonds. The van der Waals surface area contributed by atoms with Crippen LogP contribution in [-0.2, 0) is 21.4 Å². The Labute approximate surface area is 126 Å². The van der Waals surface area contributed by atoms with E-state index in [4.69, 9.17) is 0 Å². The van der Waals surface area contributed by atoms with Crippen LogP contribution in [0.1, 0.15) is 24.4 Å². The molecule has 6 heteroatoms. The van der Waals surface area contributed by atoms with E-state index in [1.54, 1.807) is 11.3 Å². The van der Waals surface area contributed by atoms with Gasteiger partial charge in [0.1, 0.15) is 0 Å². The van der Waals surface area contributed by atoms with Crippen LogP contribution in [0.4, 0.5) is 5.13 Å². The second kappa shape index (κ2) is 6.37. The highest BCUT2D eigenvalue weighted by Gasteiger charge is 2.21. The third-order valence-electron chi connectivity index (χ3n) is 2.97. The number of nitrogens with one attached hydrogen (secondary N) is 1. The van der Waals surface area contributed by atoms with Crippen molar-refractivity contribution in [2.24, 2.45) is 0 Å². The molecule has 0 unspecified atom stereocenters. The summed E-state index contributed by atoms with van der Waals surface area (Å²) in [4.78, 5) is 16.9. The van der Waals surface area contributed by atoms with Crippen LogP contribution in [0.2, 0.25) is 0 Å². The average molecular weight is 310 g/mol. The van der Waals surface area contributed by atoms with Crippen molar-refractivity contribution in [3.63, 3.8) is 0 Å². The van der Waals surface area contributed by atoms with Gasteiger partial charge in [-0.3, -0.25) is 4.79 Å². The van der Waals surface area contributed by atoms with E-state index in [2.05, 4.69) is 46.4 Å². The zero-order chi connectivity index (χ0) is 14.6. The molecule has 108 valence electrons. The molecule has 0 saturated heterocycles. The first kappa shape index (κ1) is 15.0. The minimum Gasteiger partial charge on any atom is -0.469 e. The van der Waals surface area contributed by atoms with Gasteiger partial charge < -0.3 is 10.1 Å². The molecule has 0 aromatic carbocycles. The van der Waals surface area contributed by atoms with Gasteiger partial charge in [0.2, 0.25) is 0 Å². The first-order chi connectivity index (χ1) is 9.51. The number of thiophene rings is 1. The standard InChI is InChI=1S/C14H18N2O2S2/c1-14(2,11-5-4-6-19-11)9-15-13-16-10(8-20-13)7-12(17)18-3/h4-6,8H,7,9H2,1-3H3,(H,15,16). The molecule has 4 nitrogen and oxygen atoms in total. The molecule has 0 aliphatic heterocycles. The van der Waals surface area contributed by atoms with E-state index in [0.29, 0.717) is 0 Å². The number of ether oxygens (including phenoxy) is 1. The zero-order valence-electron chi connectivity index (χ0n) is 11.8. The van der Waals surface area contributed by atoms with E-state index < -0.39 is 0 Å². The number of nitrogens with zero attached hydrogens (tertiary/aromatic N) is 1. The fourth-order valence-electron chi connectivity index (χ4n) is 1.74. The van der Waals surface area contributed by atoms with Gasteiger partial charge in [-0.2, -0.15) is 0 Å². The largest absolute Gasteiger partial charge is 0.469 e. The lowest BCUT2D eigenvalue weighted by atomic mass is 9.91. The molecule has 2 rings (SSSR count). The number of rotatable bonds is 6. The predicted octanol–water partition coefficient (Wildman–Crippen LogP) is 3.31. The Kier molecular flexibility index (Phi) is 4.77. The van der Waals surface area contributed by atoms with E-state index in [1.165, 1.54) is 23.3 Å². The van der Waals surface area contributed by atoms with Crippen LogP contribution in [-0.4, -0.2) is 24.6 Å². The molecule has 0 saturated carbocycles. The smallest absolute Gasteiger partial charge is 0.311 e. The molecule has 0 spiro atoms. The van der Waals surface area contributed by atoms with Gasteiger partial charge >= 0.3 is 5.97 Å². The van der Waals surface area contributed by atoms with Crippen LogP contribution in [0.3, 0.4) is 0 Å². The molecule has 0 aliphatic carbocycles. The monoisotopic (exact) mass is 310 g/mol. The molecule has 20 heavy (non-hydrogen) atoms. The van der Waals surface area contributed by atoms with Crippen molar-refractivity contribution in [1.29, 1.82) is 0 Å². The zero-order valence-corrected chi connectivity index (χ0v) is 13.4. The number of thiazole rings is 1. The molecule has 0 atom stereocenters. The lowest BCUT2D eigenvalue weighted by Crippen LogP contribution is -2.26. The summed E-state index contributed by atoms with van der Waals surface area (Å²) in [6.07, 6.45) is 0.225. The summed E-state index contributed by atoms with van der Waals surface area (Å²) >= 11 is 3.28. The Balaban J connectivity index is 1.93. The van der Waals surface area contributed by atoms with Crippen molar-refractivity contribution >= 4 is 33.8 Å². The number of esters is 1. The normalized spacial score (nSPS) is 11.3. The van der Waals surface area contributed by atoms with Gasteiger partial charge in [-0.1, -0.05) is 19.9 Å². The highest BCUT2D eigenvalue weighted by molar-refractivity contribution is 7.13. The lowest BCUT2D eigenvalue weighted by Gasteiger charge is -2.23. The fourth-order valence-corrected chi connectivity index (χ4v) is 3.30. The summed E-state index contributed by atoms with van der Waals surface area (Å²) in [5, 5.41) is 8.17. The van der Waals surface area contributed by atoms with Crippen LogP contribution in [0.15, 0.2) is 22.9 Å². The van der Waals surface area contributed by atoms with Crippen molar-refractivity contribution in [3.05, 3.63) is 33.5 Å². The first-order valence-corrected chi connectivity index (χ1v) is 8.06. The lowest BCUT2D eigenvalue weighted by molar-refractivity contribution is -0.139. The van der Waals surface area contributed by atoms with Gasteiger partial charge in [-0.25, -0.2) is 4.98 Å². The Hall–Kier alpha value is -1.40. The Morgan fingerprint density at radius 1 is 1.45 bits per heavy atom. The van der Waals surface area contributed by atoms with Crippen LogP contribution >= 0.6 is 22.7 Å². The maximum Gasteiger partial charge on any atom is 0.311 e. The minimum atomic E-state index is -0.263. The second-order valence-corrected chi connectivity index (χ2v) is 6.92. The number of aromatic nitrogens is 1. The first-order valence-electron chi connectivity index (χ1n) is 6.30. The third kappa shape index (κ3) is 3.80. The molecule has 0 bridgehead atoms. The number of carbonyl (C=O) groups excluding carboxylic acids is 1. The molecule has 2 aromatic rings. The van der Waals surface area contributed by atoms with Crippen LogP contribution in [0.5, 0.6) is 0 Å². The topological polar surface area (TPSA) is 51.2 Å². The van der Waals surface area contributed by atoms with Crippen molar-refractivity contribution in [3.8, 4) is 0 Å². The van der Waals surface area contributed by atoms with E-state index in [-0.39, 0.29) is 17.8 Å².